The average molecular weight is 442 g/mol. The number of amides is 2. The maximum absolute atomic E-state index is 13.0. The molecule has 3 aromatic carbocycles. The third-order valence-corrected chi connectivity index (χ3v) is 5.59. The number of carbonyl (C=O) groups is 2. The largest absolute Gasteiger partial charge is 0.346 e. The standard InChI is InChI=1S/C26H27N5O2/c32-23(30-28-16-22-17-29-31-25(22)21-14-8-3-9-15-21)18-27-26(33)24(19-10-4-1-5-11-19)20-12-6-2-7-13-20/h1-16,22,24-25,29,31H,17-18H2,(H,27,33)(H,30,32)/b28-16+. The zero-order valence-electron chi connectivity index (χ0n) is 18.1. The first-order chi connectivity index (χ1) is 16.2. The predicted molar refractivity (Wildman–Crippen MR) is 128 cm³/mol. The zero-order chi connectivity index (χ0) is 22.9. The maximum Gasteiger partial charge on any atom is 0.259 e. The topological polar surface area (TPSA) is 94.6 Å². The molecule has 1 fully saturated rings. The number of hydrazone groups is 1. The minimum atomic E-state index is -0.494. The molecule has 7 heteroatoms. The van der Waals surface area contributed by atoms with Gasteiger partial charge >= 0.3 is 0 Å². The molecule has 4 rings (SSSR count). The van der Waals surface area contributed by atoms with Gasteiger partial charge in [-0.3, -0.25) is 15.0 Å². The van der Waals surface area contributed by atoms with Crippen LogP contribution in [0, 0.1) is 5.92 Å². The fourth-order valence-corrected chi connectivity index (χ4v) is 3.94. The molecule has 168 valence electrons. The third kappa shape index (κ3) is 5.91. The van der Waals surface area contributed by atoms with Gasteiger partial charge in [-0.15, -0.1) is 0 Å². The van der Waals surface area contributed by atoms with Crippen molar-refractivity contribution in [2.24, 2.45) is 11.0 Å². The highest BCUT2D eigenvalue weighted by molar-refractivity contribution is 5.90. The number of hydrogen-bond donors (Lipinski definition) is 4. The lowest BCUT2D eigenvalue weighted by molar-refractivity contribution is -0.126. The fraction of sp³-hybridized carbons (Fsp3) is 0.192. The van der Waals surface area contributed by atoms with Gasteiger partial charge in [0, 0.05) is 18.7 Å². The van der Waals surface area contributed by atoms with Crippen LogP contribution < -0.4 is 21.6 Å². The molecule has 1 aliphatic heterocycles. The number of nitrogens with one attached hydrogen (secondary N) is 4. The third-order valence-electron chi connectivity index (χ3n) is 5.59. The van der Waals surface area contributed by atoms with E-state index in [1.165, 1.54) is 0 Å². The fourth-order valence-electron chi connectivity index (χ4n) is 3.94. The van der Waals surface area contributed by atoms with Gasteiger partial charge in [-0.1, -0.05) is 91.0 Å². The van der Waals surface area contributed by atoms with Crippen LogP contribution in [0.1, 0.15) is 28.7 Å². The van der Waals surface area contributed by atoms with Gasteiger partial charge in [-0.05, 0) is 16.7 Å². The minimum absolute atomic E-state index is 0.0732. The SMILES string of the molecule is O=C(CNC(=O)C(c1ccccc1)c1ccccc1)N/N=C/C1CNNC1c1ccccc1. The van der Waals surface area contributed by atoms with E-state index in [-0.39, 0.29) is 30.3 Å². The van der Waals surface area contributed by atoms with Crippen LogP contribution >= 0.6 is 0 Å². The number of rotatable bonds is 8. The Labute approximate surface area is 193 Å². The second-order valence-corrected chi connectivity index (χ2v) is 7.86. The first kappa shape index (κ1) is 22.4. The summed E-state index contributed by atoms with van der Waals surface area (Å²) in [4.78, 5) is 25.3. The second-order valence-electron chi connectivity index (χ2n) is 7.86. The second kappa shape index (κ2) is 11.2. The number of carbonyl (C=O) groups excluding carboxylic acids is 2. The molecule has 4 N–H and O–H groups in total. The van der Waals surface area contributed by atoms with Crippen molar-refractivity contribution in [3.63, 3.8) is 0 Å². The van der Waals surface area contributed by atoms with Gasteiger partial charge in [0.2, 0.25) is 5.91 Å². The number of hydrazine groups is 1. The predicted octanol–water partition coefficient (Wildman–Crippen LogP) is 2.50. The van der Waals surface area contributed by atoms with E-state index in [2.05, 4.69) is 38.8 Å². The molecule has 0 saturated carbocycles. The molecule has 2 atom stereocenters. The van der Waals surface area contributed by atoms with Gasteiger partial charge in [0.05, 0.1) is 18.5 Å². The summed E-state index contributed by atoms with van der Waals surface area (Å²) in [5.41, 5.74) is 11.8. The summed E-state index contributed by atoms with van der Waals surface area (Å²) >= 11 is 0. The van der Waals surface area contributed by atoms with Crippen LogP contribution in [0.3, 0.4) is 0 Å². The van der Waals surface area contributed by atoms with Crippen molar-refractivity contribution in [3.05, 3.63) is 108 Å². The molecule has 0 radical (unpaired) electrons. The zero-order valence-corrected chi connectivity index (χ0v) is 18.1. The molecule has 1 heterocycles. The molecular weight excluding hydrogens is 414 g/mol. The molecule has 3 aromatic rings. The molecule has 7 nitrogen and oxygen atoms in total. The Balaban J connectivity index is 1.32. The highest BCUT2D eigenvalue weighted by Gasteiger charge is 2.27. The van der Waals surface area contributed by atoms with Gasteiger partial charge in [-0.25, -0.2) is 10.9 Å². The van der Waals surface area contributed by atoms with Gasteiger partial charge in [-0.2, -0.15) is 5.10 Å². The summed E-state index contributed by atoms with van der Waals surface area (Å²) in [5.74, 6) is -1.02. The van der Waals surface area contributed by atoms with Crippen LogP contribution in [0.5, 0.6) is 0 Å². The van der Waals surface area contributed by atoms with Crippen LogP contribution in [-0.2, 0) is 9.59 Å². The van der Waals surface area contributed by atoms with Crippen molar-refractivity contribution < 1.29 is 9.59 Å². The Morgan fingerprint density at radius 2 is 1.48 bits per heavy atom. The molecule has 1 aliphatic rings. The van der Waals surface area contributed by atoms with Crippen LogP contribution in [0.15, 0.2) is 96.1 Å². The average Bonchev–Trinajstić information content (AvgIpc) is 3.33. The van der Waals surface area contributed by atoms with E-state index in [1.807, 2.05) is 78.9 Å². The van der Waals surface area contributed by atoms with Crippen molar-refractivity contribution in [1.29, 1.82) is 0 Å². The van der Waals surface area contributed by atoms with Gasteiger partial charge < -0.3 is 5.32 Å². The summed E-state index contributed by atoms with van der Waals surface area (Å²) in [6.45, 7) is 0.543. The smallest absolute Gasteiger partial charge is 0.259 e. The summed E-state index contributed by atoms with van der Waals surface area (Å²) in [6, 6.07) is 29.2. The summed E-state index contributed by atoms with van der Waals surface area (Å²) in [7, 11) is 0. The Morgan fingerprint density at radius 3 is 2.09 bits per heavy atom. The highest BCUT2D eigenvalue weighted by atomic mass is 16.2. The van der Waals surface area contributed by atoms with E-state index in [4.69, 9.17) is 0 Å². The molecule has 33 heavy (non-hydrogen) atoms. The van der Waals surface area contributed by atoms with Gasteiger partial charge in [0.25, 0.3) is 5.91 Å². The van der Waals surface area contributed by atoms with E-state index < -0.39 is 5.92 Å². The lowest BCUT2D eigenvalue weighted by atomic mass is 9.90. The van der Waals surface area contributed by atoms with E-state index in [9.17, 15) is 9.59 Å². The first-order valence-corrected chi connectivity index (χ1v) is 11.0. The molecule has 0 aliphatic carbocycles. The molecule has 0 bridgehead atoms. The van der Waals surface area contributed by atoms with Crippen LogP contribution in [0.2, 0.25) is 0 Å². The van der Waals surface area contributed by atoms with E-state index in [0.29, 0.717) is 6.54 Å². The lowest BCUT2D eigenvalue weighted by Gasteiger charge is -2.17. The number of nitrogens with zero attached hydrogens (tertiary/aromatic N) is 1. The number of hydrogen-bond acceptors (Lipinski definition) is 5. The van der Waals surface area contributed by atoms with E-state index in [1.54, 1.807) is 6.21 Å². The van der Waals surface area contributed by atoms with Crippen LogP contribution in [0.4, 0.5) is 0 Å². The first-order valence-electron chi connectivity index (χ1n) is 11.0. The Morgan fingerprint density at radius 1 is 0.909 bits per heavy atom. The van der Waals surface area contributed by atoms with Gasteiger partial charge in [0.15, 0.2) is 0 Å². The molecular formula is C26H27N5O2. The quantitative estimate of drug-likeness (QED) is 0.319. The van der Waals surface area contributed by atoms with Crippen molar-refractivity contribution in [2.45, 2.75) is 12.0 Å². The summed E-state index contributed by atoms with van der Waals surface area (Å²) in [5, 5.41) is 6.86. The molecule has 0 spiro atoms. The lowest BCUT2D eigenvalue weighted by Crippen LogP contribution is -2.38. The van der Waals surface area contributed by atoms with Crippen molar-refractivity contribution in [1.82, 2.24) is 21.6 Å². The van der Waals surface area contributed by atoms with Gasteiger partial charge in [0.1, 0.15) is 0 Å². The minimum Gasteiger partial charge on any atom is -0.346 e. The van der Waals surface area contributed by atoms with Crippen LogP contribution in [0.25, 0.3) is 0 Å². The van der Waals surface area contributed by atoms with Crippen molar-refractivity contribution in [2.75, 3.05) is 13.1 Å². The molecule has 1 saturated heterocycles. The molecule has 2 amide bonds. The van der Waals surface area contributed by atoms with Crippen molar-refractivity contribution >= 4 is 18.0 Å². The van der Waals surface area contributed by atoms with Crippen molar-refractivity contribution in [3.8, 4) is 0 Å². The highest BCUT2D eigenvalue weighted by Crippen LogP contribution is 2.25. The number of benzene rings is 3. The Hall–Kier alpha value is -3.81. The monoisotopic (exact) mass is 441 g/mol. The maximum atomic E-state index is 13.0. The normalized spacial score (nSPS) is 17.8. The summed E-state index contributed by atoms with van der Waals surface area (Å²) < 4.78 is 0. The Bertz CT molecular complexity index is 1030. The molecule has 2 unspecified atom stereocenters. The molecule has 0 aromatic heterocycles. The summed E-state index contributed by atoms with van der Waals surface area (Å²) in [6.07, 6.45) is 1.72. The van der Waals surface area contributed by atoms with E-state index >= 15 is 0 Å². The van der Waals surface area contributed by atoms with Crippen LogP contribution in [-0.4, -0.2) is 31.1 Å². The van der Waals surface area contributed by atoms with E-state index in [0.717, 1.165) is 16.7 Å². The Kier molecular flexibility index (Phi) is 7.58.